The summed E-state index contributed by atoms with van der Waals surface area (Å²) in [5, 5.41) is 69.5. The molecule has 3 rings (SSSR count). The van der Waals surface area contributed by atoms with Gasteiger partial charge in [-0.25, -0.2) is 0 Å². The van der Waals surface area contributed by atoms with Crippen molar-refractivity contribution in [3.8, 4) is 5.75 Å². The van der Waals surface area contributed by atoms with E-state index in [1.165, 1.54) is 0 Å². The molecule has 1 aromatic carbocycles. The van der Waals surface area contributed by atoms with Crippen LogP contribution in [0.4, 0.5) is 0 Å². The summed E-state index contributed by atoms with van der Waals surface area (Å²) in [6.07, 6.45) is -12.4. The molecule has 0 amide bonds. The summed E-state index contributed by atoms with van der Waals surface area (Å²) in [7, 11) is 0. The third-order valence-corrected chi connectivity index (χ3v) is 5.03. The molecule has 0 aromatic heterocycles. The Morgan fingerprint density at radius 2 is 1.48 bits per heavy atom. The summed E-state index contributed by atoms with van der Waals surface area (Å²) in [5.74, 6) is -1.70. The normalized spacial score (nSPS) is 42.7. The van der Waals surface area contributed by atoms with E-state index >= 15 is 0 Å². The number of benzene rings is 1. The average molecular weight is 418 g/mol. The van der Waals surface area contributed by atoms with Gasteiger partial charge < -0.3 is 54.7 Å². The number of para-hydroxylation sites is 1. The highest BCUT2D eigenvalue weighted by atomic mass is 16.8. The second-order valence-corrected chi connectivity index (χ2v) is 7.00. The van der Waals surface area contributed by atoms with Crippen LogP contribution < -0.4 is 4.74 Å². The van der Waals surface area contributed by atoms with Gasteiger partial charge in [-0.15, -0.1) is 0 Å². The zero-order valence-electron chi connectivity index (χ0n) is 15.4. The first-order chi connectivity index (χ1) is 13.8. The van der Waals surface area contributed by atoms with Gasteiger partial charge >= 0.3 is 0 Å². The van der Waals surface area contributed by atoms with Gasteiger partial charge in [0.15, 0.2) is 6.29 Å². The van der Waals surface area contributed by atoms with Crippen molar-refractivity contribution in [2.24, 2.45) is 0 Å². The van der Waals surface area contributed by atoms with Crippen LogP contribution in [0.3, 0.4) is 0 Å². The lowest BCUT2D eigenvalue weighted by atomic mass is 9.99. The Bertz CT molecular complexity index is 644. The number of aliphatic hydroxyl groups is 7. The zero-order chi connectivity index (χ0) is 21.2. The first-order valence-electron chi connectivity index (χ1n) is 9.14. The van der Waals surface area contributed by atoms with Crippen LogP contribution in [0.25, 0.3) is 0 Å². The fraction of sp³-hybridized carbons (Fsp3) is 0.667. The van der Waals surface area contributed by atoms with Crippen molar-refractivity contribution in [2.75, 3.05) is 19.8 Å². The lowest BCUT2D eigenvalue weighted by Crippen LogP contribution is -2.63. The molecule has 11 heteroatoms. The predicted octanol–water partition coefficient (Wildman–Crippen LogP) is -3.31. The van der Waals surface area contributed by atoms with Crippen LogP contribution in [0.15, 0.2) is 30.3 Å². The monoisotopic (exact) mass is 418 g/mol. The molecule has 2 aliphatic rings. The Morgan fingerprint density at radius 3 is 2.07 bits per heavy atom. The van der Waals surface area contributed by atoms with Gasteiger partial charge in [0.2, 0.25) is 5.79 Å². The maximum absolute atomic E-state index is 10.6. The molecule has 9 atom stereocenters. The minimum absolute atomic E-state index is 0.391. The molecule has 11 nitrogen and oxygen atoms in total. The molecule has 0 radical (unpaired) electrons. The lowest BCUT2D eigenvalue weighted by Gasteiger charge is -2.43. The lowest BCUT2D eigenvalue weighted by molar-refractivity contribution is -0.382. The molecule has 2 aliphatic heterocycles. The van der Waals surface area contributed by atoms with Crippen molar-refractivity contribution < 1.29 is 54.7 Å². The molecular formula is C18H26O11. The van der Waals surface area contributed by atoms with Gasteiger partial charge in [0.25, 0.3) is 0 Å². The van der Waals surface area contributed by atoms with E-state index in [-0.39, 0.29) is 0 Å². The molecular weight excluding hydrogens is 392 g/mol. The SMILES string of the molecule is OC[C@H]1O[C@@](COc2ccccc2)(O[C@H]2O[C@H](CO)[C@@H](O)[C@H](O)[C@H]2O)[C@@H](O)[C@@H]1O. The zero-order valence-corrected chi connectivity index (χ0v) is 15.4. The van der Waals surface area contributed by atoms with Crippen LogP contribution in [-0.4, -0.2) is 110 Å². The Labute approximate surface area is 166 Å². The van der Waals surface area contributed by atoms with Gasteiger partial charge in [-0.2, -0.15) is 0 Å². The maximum Gasteiger partial charge on any atom is 0.235 e. The van der Waals surface area contributed by atoms with Crippen LogP contribution >= 0.6 is 0 Å². The van der Waals surface area contributed by atoms with Gasteiger partial charge in [0, 0.05) is 0 Å². The van der Waals surface area contributed by atoms with Crippen molar-refractivity contribution in [1.29, 1.82) is 0 Å². The number of hydrogen-bond acceptors (Lipinski definition) is 11. The first-order valence-corrected chi connectivity index (χ1v) is 9.14. The molecule has 0 aliphatic carbocycles. The van der Waals surface area contributed by atoms with Crippen LogP contribution in [0.1, 0.15) is 0 Å². The largest absolute Gasteiger partial charge is 0.488 e. The van der Waals surface area contributed by atoms with Crippen LogP contribution in [0.5, 0.6) is 5.75 Å². The van der Waals surface area contributed by atoms with Crippen molar-refractivity contribution in [3.63, 3.8) is 0 Å². The molecule has 0 saturated carbocycles. The van der Waals surface area contributed by atoms with Crippen LogP contribution in [-0.2, 0) is 14.2 Å². The van der Waals surface area contributed by atoms with Crippen molar-refractivity contribution >= 4 is 0 Å². The van der Waals surface area contributed by atoms with Gasteiger partial charge in [0.05, 0.1) is 13.2 Å². The molecule has 29 heavy (non-hydrogen) atoms. The van der Waals surface area contributed by atoms with Crippen molar-refractivity contribution in [3.05, 3.63) is 30.3 Å². The van der Waals surface area contributed by atoms with E-state index in [2.05, 4.69) is 0 Å². The van der Waals surface area contributed by atoms with E-state index in [4.69, 9.17) is 18.9 Å². The Balaban J connectivity index is 1.83. The standard InChI is InChI=1S/C18H26O11/c19-6-10-12(21)14(23)15(24)17(27-10)29-18(8-26-9-4-2-1-3-5-9)16(25)13(22)11(7-20)28-18/h1-5,10-17,19-25H,6-8H2/t10-,11-,12-,13-,14+,15-,16+,17-,18+/m1/s1. The van der Waals surface area contributed by atoms with Gasteiger partial charge in [0.1, 0.15) is 55.1 Å². The Hall–Kier alpha value is -1.38. The minimum atomic E-state index is -2.09. The summed E-state index contributed by atoms with van der Waals surface area (Å²) >= 11 is 0. The summed E-state index contributed by atoms with van der Waals surface area (Å²) in [5.41, 5.74) is 0. The number of rotatable bonds is 7. The summed E-state index contributed by atoms with van der Waals surface area (Å²) < 4.78 is 22.0. The maximum atomic E-state index is 10.6. The highest BCUT2D eigenvalue weighted by molar-refractivity contribution is 5.21. The third kappa shape index (κ3) is 4.39. The van der Waals surface area contributed by atoms with Crippen LogP contribution in [0, 0.1) is 0 Å². The second kappa shape index (κ2) is 9.18. The summed E-state index contributed by atoms with van der Waals surface area (Å²) in [6.45, 7) is -1.78. The molecule has 0 bridgehead atoms. The molecule has 2 fully saturated rings. The molecule has 2 saturated heterocycles. The molecule has 164 valence electrons. The third-order valence-electron chi connectivity index (χ3n) is 5.03. The molecule has 0 spiro atoms. The summed E-state index contributed by atoms with van der Waals surface area (Å²) in [6, 6.07) is 8.43. The van der Waals surface area contributed by atoms with Gasteiger partial charge in [-0.05, 0) is 12.1 Å². The van der Waals surface area contributed by atoms with E-state index in [0.29, 0.717) is 5.75 Å². The van der Waals surface area contributed by atoms with Crippen LogP contribution in [0.2, 0.25) is 0 Å². The second-order valence-electron chi connectivity index (χ2n) is 7.00. The predicted molar refractivity (Wildman–Crippen MR) is 93.5 cm³/mol. The number of hydrogen-bond donors (Lipinski definition) is 7. The van der Waals surface area contributed by atoms with Gasteiger partial charge in [-0.3, -0.25) is 0 Å². The fourth-order valence-electron chi connectivity index (χ4n) is 3.32. The Kier molecular flexibility index (Phi) is 7.06. The molecule has 2 heterocycles. The first kappa shape index (κ1) is 22.3. The fourth-order valence-corrected chi connectivity index (χ4v) is 3.32. The highest BCUT2D eigenvalue weighted by Gasteiger charge is 2.59. The molecule has 0 unspecified atom stereocenters. The van der Waals surface area contributed by atoms with Crippen molar-refractivity contribution in [1.82, 2.24) is 0 Å². The Morgan fingerprint density at radius 1 is 0.828 bits per heavy atom. The highest BCUT2D eigenvalue weighted by Crippen LogP contribution is 2.36. The topological polar surface area (TPSA) is 179 Å². The average Bonchev–Trinajstić information content (AvgIpc) is 2.98. The molecule has 1 aromatic rings. The minimum Gasteiger partial charge on any atom is -0.488 e. The van der Waals surface area contributed by atoms with E-state index in [0.717, 1.165) is 0 Å². The van der Waals surface area contributed by atoms with E-state index in [9.17, 15) is 35.7 Å². The van der Waals surface area contributed by atoms with E-state index < -0.39 is 74.6 Å². The smallest absolute Gasteiger partial charge is 0.235 e. The van der Waals surface area contributed by atoms with E-state index in [1.54, 1.807) is 30.3 Å². The van der Waals surface area contributed by atoms with Gasteiger partial charge in [-0.1, -0.05) is 18.2 Å². The number of ether oxygens (including phenoxy) is 4. The van der Waals surface area contributed by atoms with Crippen molar-refractivity contribution in [2.45, 2.75) is 54.8 Å². The quantitative estimate of drug-likeness (QED) is 0.236. The van der Waals surface area contributed by atoms with E-state index in [1.807, 2.05) is 0 Å². The number of aliphatic hydroxyl groups excluding tert-OH is 7. The summed E-state index contributed by atoms with van der Waals surface area (Å²) in [4.78, 5) is 0. The molecule has 7 N–H and O–H groups in total.